The molecule has 7 nitrogen and oxygen atoms in total. The predicted molar refractivity (Wildman–Crippen MR) is 119 cm³/mol. The molecular formula is C21H31ClN4O3S. The SMILES string of the molecule is CCOC(=O)C1CCCN(C(=O)CSc2nc(Cl)cc(N(C)C3CCCCC3)n2)C1. The van der Waals surface area contributed by atoms with Crippen molar-refractivity contribution < 1.29 is 14.3 Å². The Kier molecular flexibility index (Phi) is 8.62. The Balaban J connectivity index is 1.57. The molecule has 2 fully saturated rings. The third-order valence-corrected chi connectivity index (χ3v) is 6.89. The molecule has 1 amide bonds. The molecule has 0 spiro atoms. The van der Waals surface area contributed by atoms with E-state index in [1.165, 1.54) is 31.0 Å². The second kappa shape index (κ2) is 11.2. The molecule has 1 saturated carbocycles. The van der Waals surface area contributed by atoms with Crippen LogP contribution in [0.25, 0.3) is 0 Å². The van der Waals surface area contributed by atoms with E-state index in [9.17, 15) is 9.59 Å². The lowest BCUT2D eigenvalue weighted by molar-refractivity contribution is -0.151. The maximum Gasteiger partial charge on any atom is 0.310 e. The van der Waals surface area contributed by atoms with Gasteiger partial charge in [-0.1, -0.05) is 42.6 Å². The monoisotopic (exact) mass is 454 g/mol. The molecule has 1 atom stereocenters. The molecule has 1 aromatic rings. The number of likely N-dealkylation sites (tertiary alicyclic amines) is 1. The summed E-state index contributed by atoms with van der Waals surface area (Å²) in [6, 6.07) is 2.26. The van der Waals surface area contributed by atoms with Gasteiger partial charge in [-0.25, -0.2) is 9.97 Å². The minimum atomic E-state index is -0.231. The summed E-state index contributed by atoms with van der Waals surface area (Å²) >= 11 is 7.54. The van der Waals surface area contributed by atoms with Crippen molar-refractivity contribution in [1.29, 1.82) is 0 Å². The van der Waals surface area contributed by atoms with E-state index in [0.29, 0.717) is 36.0 Å². The number of ether oxygens (including phenoxy) is 1. The van der Waals surface area contributed by atoms with Gasteiger partial charge in [0.1, 0.15) is 11.0 Å². The quantitative estimate of drug-likeness (QED) is 0.268. The van der Waals surface area contributed by atoms with Gasteiger partial charge in [0, 0.05) is 32.2 Å². The third kappa shape index (κ3) is 6.23. The number of anilines is 1. The molecule has 0 N–H and O–H groups in total. The number of rotatable bonds is 7. The summed E-state index contributed by atoms with van der Waals surface area (Å²) in [5, 5.41) is 0.894. The van der Waals surface area contributed by atoms with Crippen molar-refractivity contribution >= 4 is 41.1 Å². The largest absolute Gasteiger partial charge is 0.466 e. The second-order valence-corrected chi connectivity index (χ2v) is 9.28. The lowest BCUT2D eigenvalue weighted by Gasteiger charge is -2.32. The molecule has 1 aliphatic heterocycles. The van der Waals surface area contributed by atoms with Gasteiger partial charge in [0.2, 0.25) is 5.91 Å². The first kappa shape index (κ1) is 23.1. The molecule has 166 valence electrons. The number of thioether (sulfide) groups is 1. The summed E-state index contributed by atoms with van der Waals surface area (Å²) in [6.45, 7) is 3.25. The fourth-order valence-corrected chi connectivity index (χ4v) is 5.14. The Labute approximate surface area is 187 Å². The average Bonchev–Trinajstić information content (AvgIpc) is 2.77. The number of nitrogens with zero attached hydrogens (tertiary/aromatic N) is 4. The fourth-order valence-electron chi connectivity index (χ4n) is 4.16. The zero-order valence-corrected chi connectivity index (χ0v) is 19.4. The van der Waals surface area contributed by atoms with Crippen LogP contribution in [0.15, 0.2) is 11.2 Å². The first-order valence-corrected chi connectivity index (χ1v) is 12.2. The van der Waals surface area contributed by atoms with Crippen LogP contribution in [0.2, 0.25) is 5.15 Å². The average molecular weight is 455 g/mol. The number of carbonyl (C=O) groups excluding carboxylic acids is 2. The Morgan fingerprint density at radius 1 is 1.23 bits per heavy atom. The van der Waals surface area contributed by atoms with Gasteiger partial charge in [-0.05, 0) is 32.6 Å². The second-order valence-electron chi connectivity index (χ2n) is 7.95. The van der Waals surface area contributed by atoms with Crippen molar-refractivity contribution in [3.63, 3.8) is 0 Å². The van der Waals surface area contributed by atoms with Crippen LogP contribution in [0.3, 0.4) is 0 Å². The number of hydrogen-bond acceptors (Lipinski definition) is 7. The lowest BCUT2D eigenvalue weighted by Crippen LogP contribution is -2.43. The minimum absolute atomic E-state index is 0.0141. The summed E-state index contributed by atoms with van der Waals surface area (Å²) in [6.07, 6.45) is 7.68. The van der Waals surface area contributed by atoms with Crippen molar-refractivity contribution in [2.75, 3.05) is 37.4 Å². The molecule has 9 heteroatoms. The molecule has 1 saturated heterocycles. The molecule has 1 unspecified atom stereocenters. The van der Waals surface area contributed by atoms with E-state index in [2.05, 4.69) is 21.9 Å². The Morgan fingerprint density at radius 2 is 2.00 bits per heavy atom. The summed E-state index contributed by atoms with van der Waals surface area (Å²) in [7, 11) is 2.05. The molecule has 0 radical (unpaired) electrons. The molecular weight excluding hydrogens is 424 g/mol. The molecule has 3 rings (SSSR count). The fraction of sp³-hybridized carbons (Fsp3) is 0.714. The lowest BCUT2D eigenvalue weighted by atomic mass is 9.94. The molecule has 30 heavy (non-hydrogen) atoms. The van der Waals surface area contributed by atoms with E-state index in [1.54, 1.807) is 17.9 Å². The highest BCUT2D eigenvalue weighted by molar-refractivity contribution is 7.99. The van der Waals surface area contributed by atoms with Gasteiger partial charge in [0.25, 0.3) is 0 Å². The topological polar surface area (TPSA) is 75.6 Å². The number of aromatic nitrogens is 2. The molecule has 1 aromatic heterocycles. The smallest absolute Gasteiger partial charge is 0.310 e. The van der Waals surface area contributed by atoms with Crippen LogP contribution in [0.4, 0.5) is 5.82 Å². The van der Waals surface area contributed by atoms with Crippen LogP contribution in [0.1, 0.15) is 51.9 Å². The number of amides is 1. The molecule has 1 aliphatic carbocycles. The Morgan fingerprint density at radius 3 is 2.73 bits per heavy atom. The van der Waals surface area contributed by atoms with Crippen LogP contribution >= 0.6 is 23.4 Å². The number of piperidine rings is 1. The van der Waals surface area contributed by atoms with E-state index in [-0.39, 0.29) is 23.5 Å². The van der Waals surface area contributed by atoms with Crippen molar-refractivity contribution in [2.45, 2.75) is 63.1 Å². The van der Waals surface area contributed by atoms with Gasteiger partial charge in [-0.15, -0.1) is 0 Å². The van der Waals surface area contributed by atoms with Crippen LogP contribution in [0, 0.1) is 5.92 Å². The van der Waals surface area contributed by atoms with E-state index in [0.717, 1.165) is 31.5 Å². The van der Waals surface area contributed by atoms with Gasteiger partial charge >= 0.3 is 5.97 Å². The predicted octanol–water partition coefficient (Wildman–Crippen LogP) is 3.79. The number of halogens is 1. The van der Waals surface area contributed by atoms with Crippen LogP contribution in [-0.2, 0) is 14.3 Å². The maximum atomic E-state index is 12.7. The Bertz CT molecular complexity index is 745. The third-order valence-electron chi connectivity index (χ3n) is 5.86. The normalized spacial score (nSPS) is 20.1. The van der Waals surface area contributed by atoms with Crippen LogP contribution in [-0.4, -0.2) is 65.3 Å². The Hall–Kier alpha value is -1.54. The van der Waals surface area contributed by atoms with Crippen LogP contribution < -0.4 is 4.90 Å². The van der Waals surface area contributed by atoms with Crippen molar-refractivity contribution in [2.24, 2.45) is 5.92 Å². The van der Waals surface area contributed by atoms with E-state index in [4.69, 9.17) is 16.3 Å². The first-order valence-electron chi connectivity index (χ1n) is 10.8. The van der Waals surface area contributed by atoms with Gasteiger partial charge in [-0.3, -0.25) is 9.59 Å². The number of carbonyl (C=O) groups is 2. The standard InChI is InChI=1S/C21H31ClN4O3S/c1-3-29-20(28)15-8-7-11-26(13-15)19(27)14-30-21-23-17(22)12-18(24-21)25(2)16-9-5-4-6-10-16/h12,15-16H,3-11,13-14H2,1-2H3. The molecule has 2 heterocycles. The summed E-state index contributed by atoms with van der Waals surface area (Å²) in [4.78, 5) is 37.6. The maximum absolute atomic E-state index is 12.7. The summed E-state index contributed by atoms with van der Waals surface area (Å²) in [5.74, 6) is 0.571. The molecule has 0 aromatic carbocycles. The number of hydrogen-bond donors (Lipinski definition) is 0. The van der Waals surface area contributed by atoms with Gasteiger partial charge in [0.05, 0.1) is 18.3 Å². The zero-order valence-electron chi connectivity index (χ0n) is 17.8. The van der Waals surface area contributed by atoms with Crippen LogP contribution in [0.5, 0.6) is 0 Å². The number of esters is 1. The van der Waals surface area contributed by atoms with Crippen molar-refractivity contribution in [1.82, 2.24) is 14.9 Å². The molecule has 2 aliphatic rings. The highest BCUT2D eigenvalue weighted by Crippen LogP contribution is 2.28. The first-order chi connectivity index (χ1) is 14.5. The summed E-state index contributed by atoms with van der Waals surface area (Å²) in [5.41, 5.74) is 0. The van der Waals surface area contributed by atoms with Gasteiger partial charge in [0.15, 0.2) is 5.16 Å². The van der Waals surface area contributed by atoms with E-state index in [1.807, 2.05) is 0 Å². The highest BCUT2D eigenvalue weighted by Gasteiger charge is 2.29. The summed E-state index contributed by atoms with van der Waals surface area (Å²) < 4.78 is 5.12. The van der Waals surface area contributed by atoms with Gasteiger partial charge < -0.3 is 14.5 Å². The van der Waals surface area contributed by atoms with E-state index >= 15 is 0 Å². The van der Waals surface area contributed by atoms with Gasteiger partial charge in [-0.2, -0.15) is 0 Å². The molecule has 0 bridgehead atoms. The minimum Gasteiger partial charge on any atom is -0.466 e. The zero-order chi connectivity index (χ0) is 21.5. The van der Waals surface area contributed by atoms with Crippen molar-refractivity contribution in [3.05, 3.63) is 11.2 Å². The highest BCUT2D eigenvalue weighted by atomic mass is 35.5. The van der Waals surface area contributed by atoms with E-state index < -0.39 is 0 Å². The van der Waals surface area contributed by atoms with Crippen molar-refractivity contribution in [3.8, 4) is 0 Å².